The maximum absolute atomic E-state index is 13.8. The first-order valence-corrected chi connectivity index (χ1v) is 15.6. The minimum Gasteiger partial charge on any atom is -0.384 e. The average Bonchev–Trinajstić information content (AvgIpc) is 3.65. The van der Waals surface area contributed by atoms with E-state index < -0.39 is 16.1 Å². The number of carbonyl (C=O) groups excluding carboxylic acids is 1. The number of H-pyrrole nitrogens is 1. The number of nitrogens with one attached hydrogen (secondary N) is 3. The van der Waals surface area contributed by atoms with Crippen molar-refractivity contribution in [1.82, 2.24) is 40.1 Å². The van der Waals surface area contributed by atoms with Gasteiger partial charge in [-0.15, -0.1) is 16.4 Å². The molecule has 2 aromatic heterocycles. The normalized spacial score (nSPS) is 19.8. The van der Waals surface area contributed by atoms with E-state index in [1.54, 1.807) is 35.2 Å². The van der Waals surface area contributed by atoms with Crippen LogP contribution in [0.5, 0.6) is 0 Å². The largest absolute Gasteiger partial charge is 0.384 e. The Kier molecular flexibility index (Phi) is 7.27. The summed E-state index contributed by atoms with van der Waals surface area (Å²) in [6, 6.07) is 10.1. The predicted molar refractivity (Wildman–Crippen MR) is 153 cm³/mol. The van der Waals surface area contributed by atoms with Gasteiger partial charge in [0.2, 0.25) is 10.0 Å². The van der Waals surface area contributed by atoms with Crippen molar-refractivity contribution in [2.75, 3.05) is 19.6 Å². The number of aromatic nitrogens is 5. The van der Waals surface area contributed by atoms with Crippen molar-refractivity contribution in [2.24, 2.45) is 5.73 Å². The van der Waals surface area contributed by atoms with Gasteiger partial charge in [-0.3, -0.25) is 10.2 Å². The van der Waals surface area contributed by atoms with E-state index in [1.165, 1.54) is 15.6 Å². The first-order valence-electron chi connectivity index (χ1n) is 13.3. The van der Waals surface area contributed by atoms with Gasteiger partial charge in [0.05, 0.1) is 10.6 Å². The Morgan fingerprint density at radius 2 is 2.02 bits per heavy atom. The fourth-order valence-electron chi connectivity index (χ4n) is 5.37. The number of amidine groups is 1. The van der Waals surface area contributed by atoms with Crippen LogP contribution in [0, 0.1) is 5.41 Å². The first-order chi connectivity index (χ1) is 19.7. The molecule has 0 bridgehead atoms. The van der Waals surface area contributed by atoms with E-state index in [2.05, 4.69) is 37.8 Å². The molecular formula is C26H30N10O3S2. The quantitative estimate of drug-likeness (QED) is 0.181. The Hall–Kier alpha value is -3.79. The number of thiazole rings is 1. The van der Waals surface area contributed by atoms with Gasteiger partial charge in [-0.2, -0.15) is 4.31 Å². The van der Waals surface area contributed by atoms with Crippen LogP contribution < -0.4 is 11.1 Å². The third-order valence-electron chi connectivity index (χ3n) is 7.64. The zero-order valence-corrected chi connectivity index (χ0v) is 24.0. The molecule has 4 heterocycles. The number of nitrogens with two attached hydrogens (primary N) is 1. The molecule has 6 rings (SSSR count). The number of aryl methyl sites for hydroxylation is 1. The number of nitrogens with zero attached hydrogens (tertiary/aromatic N) is 6. The summed E-state index contributed by atoms with van der Waals surface area (Å²) in [6.07, 6.45) is 1.69. The number of tetrazole rings is 1. The van der Waals surface area contributed by atoms with Crippen LogP contribution >= 0.6 is 11.3 Å². The molecule has 15 heteroatoms. The second-order valence-electron chi connectivity index (χ2n) is 10.4. The molecule has 0 spiro atoms. The van der Waals surface area contributed by atoms with Gasteiger partial charge in [0.15, 0.2) is 5.01 Å². The Balaban J connectivity index is 1.27. The second kappa shape index (κ2) is 10.9. The summed E-state index contributed by atoms with van der Waals surface area (Å²) in [5.74, 6) is 0.299. The van der Waals surface area contributed by atoms with Crippen LogP contribution in [0.1, 0.15) is 45.1 Å². The lowest BCUT2D eigenvalue weighted by Crippen LogP contribution is -2.56. The minimum absolute atomic E-state index is 0.0856. The first kappa shape index (κ1) is 27.4. The number of piperazine rings is 1. The number of aromatic amines is 1. The summed E-state index contributed by atoms with van der Waals surface area (Å²) in [7, 11) is -3.87. The number of fused-ring (bicyclic) bond motifs is 2. The Morgan fingerprint density at radius 3 is 2.80 bits per heavy atom. The van der Waals surface area contributed by atoms with E-state index in [1.807, 2.05) is 6.07 Å². The summed E-state index contributed by atoms with van der Waals surface area (Å²) in [6.45, 7) is 3.30. The van der Waals surface area contributed by atoms with Gasteiger partial charge < -0.3 is 16.0 Å². The van der Waals surface area contributed by atoms with Gasteiger partial charge in [-0.05, 0) is 52.7 Å². The highest BCUT2D eigenvalue weighted by Gasteiger charge is 2.38. The highest BCUT2D eigenvalue weighted by Crippen LogP contribution is 2.29. The maximum atomic E-state index is 13.8. The molecule has 4 aromatic rings. The average molecular weight is 595 g/mol. The van der Waals surface area contributed by atoms with Crippen molar-refractivity contribution in [1.29, 1.82) is 5.41 Å². The predicted octanol–water partition coefficient (Wildman–Crippen LogP) is 1.28. The lowest BCUT2D eigenvalue weighted by Gasteiger charge is -2.40. The SMILES string of the molecule is CC1Cc2nc(C(=O)N3CCN(S(=O)(=O)c4ccc5ccc(C(=N)N)cc5c4)CC3CCc3nnn[nH]3)sc2CN1. The van der Waals surface area contributed by atoms with Gasteiger partial charge in [0, 0.05) is 61.5 Å². The molecule has 0 aliphatic carbocycles. The number of amides is 1. The van der Waals surface area contributed by atoms with Crippen LogP contribution in [0.2, 0.25) is 0 Å². The van der Waals surface area contributed by atoms with E-state index in [0.717, 1.165) is 22.4 Å². The van der Waals surface area contributed by atoms with Gasteiger partial charge in [0.25, 0.3) is 5.91 Å². The zero-order valence-electron chi connectivity index (χ0n) is 22.4. The molecule has 2 aromatic carbocycles. The van der Waals surface area contributed by atoms with E-state index in [0.29, 0.717) is 47.2 Å². The smallest absolute Gasteiger partial charge is 0.283 e. The summed E-state index contributed by atoms with van der Waals surface area (Å²) in [4.78, 5) is 21.4. The molecule has 0 radical (unpaired) electrons. The summed E-state index contributed by atoms with van der Waals surface area (Å²) >= 11 is 1.41. The summed E-state index contributed by atoms with van der Waals surface area (Å²) in [5.41, 5.74) is 7.12. The number of nitrogen functional groups attached to an aromatic ring is 1. The standard InChI is InChI=1S/C26H30N10O3S2/c1-15-10-21-22(13-29-15)40-25(30-21)26(37)36-9-8-35(14-19(36)5-7-23-31-33-34-32-23)41(38,39)20-6-4-16-2-3-17(24(27)28)11-18(16)12-20/h2-4,6,11-12,15,19,29H,5,7-10,13-14H2,1H3,(H3,27,28)(H,31,32,33,34). The lowest BCUT2D eigenvalue weighted by atomic mass is 10.1. The highest BCUT2D eigenvalue weighted by atomic mass is 32.2. The fourth-order valence-corrected chi connectivity index (χ4v) is 7.87. The molecule has 214 valence electrons. The zero-order chi connectivity index (χ0) is 28.7. The number of hydrogen-bond acceptors (Lipinski definition) is 10. The minimum atomic E-state index is -3.87. The van der Waals surface area contributed by atoms with Crippen LogP contribution in [-0.2, 0) is 29.4 Å². The molecule has 2 aliphatic heterocycles. The number of hydrogen-bond donors (Lipinski definition) is 4. The Labute approximate surface area is 240 Å². The topological polar surface area (TPSA) is 187 Å². The molecule has 5 N–H and O–H groups in total. The van der Waals surface area contributed by atoms with Gasteiger partial charge >= 0.3 is 0 Å². The Morgan fingerprint density at radius 1 is 1.20 bits per heavy atom. The molecule has 1 fully saturated rings. The maximum Gasteiger partial charge on any atom is 0.283 e. The molecule has 0 saturated carbocycles. The fraction of sp³-hybridized carbons (Fsp3) is 0.385. The summed E-state index contributed by atoms with van der Waals surface area (Å²) in [5, 5.41) is 27.0. The van der Waals surface area contributed by atoms with Crippen molar-refractivity contribution >= 4 is 43.9 Å². The van der Waals surface area contributed by atoms with Crippen LogP contribution in [-0.4, -0.2) is 86.7 Å². The molecule has 13 nitrogen and oxygen atoms in total. The monoisotopic (exact) mass is 594 g/mol. The number of sulfonamides is 1. The number of rotatable bonds is 7. The van der Waals surface area contributed by atoms with Crippen molar-refractivity contribution in [3.05, 3.63) is 63.4 Å². The van der Waals surface area contributed by atoms with Gasteiger partial charge in [0.1, 0.15) is 11.7 Å². The van der Waals surface area contributed by atoms with Crippen molar-refractivity contribution in [3.63, 3.8) is 0 Å². The molecule has 41 heavy (non-hydrogen) atoms. The van der Waals surface area contributed by atoms with Crippen LogP contribution in [0.15, 0.2) is 41.3 Å². The molecule has 1 amide bonds. The summed E-state index contributed by atoms with van der Waals surface area (Å²) < 4.78 is 29.1. The third kappa shape index (κ3) is 5.45. The van der Waals surface area contributed by atoms with Crippen LogP contribution in [0.25, 0.3) is 10.8 Å². The molecule has 2 atom stereocenters. The lowest BCUT2D eigenvalue weighted by molar-refractivity contribution is 0.0550. The van der Waals surface area contributed by atoms with Crippen molar-refractivity contribution in [3.8, 4) is 0 Å². The van der Waals surface area contributed by atoms with Crippen LogP contribution in [0.3, 0.4) is 0 Å². The van der Waals surface area contributed by atoms with Gasteiger partial charge in [-0.1, -0.05) is 18.2 Å². The Bertz CT molecular complexity index is 1720. The molecular weight excluding hydrogens is 564 g/mol. The van der Waals surface area contributed by atoms with E-state index in [-0.39, 0.29) is 36.3 Å². The van der Waals surface area contributed by atoms with E-state index in [4.69, 9.17) is 11.1 Å². The third-order valence-corrected chi connectivity index (χ3v) is 10.6. The van der Waals surface area contributed by atoms with E-state index in [9.17, 15) is 13.2 Å². The van der Waals surface area contributed by atoms with Crippen LogP contribution in [0.4, 0.5) is 0 Å². The van der Waals surface area contributed by atoms with E-state index >= 15 is 0 Å². The van der Waals surface area contributed by atoms with Crippen molar-refractivity contribution in [2.45, 2.75) is 49.7 Å². The molecule has 2 unspecified atom stereocenters. The number of carbonyl (C=O) groups is 1. The molecule has 2 aliphatic rings. The van der Waals surface area contributed by atoms with Gasteiger partial charge in [-0.25, -0.2) is 18.5 Å². The second-order valence-corrected chi connectivity index (χ2v) is 13.4. The molecule has 1 saturated heterocycles. The highest BCUT2D eigenvalue weighted by molar-refractivity contribution is 7.89. The van der Waals surface area contributed by atoms with Crippen molar-refractivity contribution < 1.29 is 13.2 Å². The number of benzene rings is 2.